The molecular weight excluding hydrogens is 365 g/mol. The molecule has 2 bridgehead atoms. The molecule has 148 valence electrons. The molecule has 0 aromatic heterocycles. The summed E-state index contributed by atoms with van der Waals surface area (Å²) < 4.78 is 14.0. The van der Waals surface area contributed by atoms with Gasteiger partial charge in [0, 0.05) is 24.5 Å². The number of nitrogens with one attached hydrogen (secondary N) is 1. The number of benzene rings is 1. The van der Waals surface area contributed by atoms with Crippen LogP contribution in [0, 0.1) is 23.6 Å². The average molecular weight is 394 g/mol. The fourth-order valence-corrected chi connectivity index (χ4v) is 5.70. The number of carbonyl (C=O) groups excluding carboxylic acids is 1. The van der Waals surface area contributed by atoms with Crippen molar-refractivity contribution in [2.75, 3.05) is 13.6 Å². The molecule has 4 unspecified atom stereocenters. The highest BCUT2D eigenvalue weighted by molar-refractivity contribution is 6.30. The molecule has 3 aliphatic rings. The van der Waals surface area contributed by atoms with Crippen LogP contribution in [0.5, 0.6) is 0 Å². The summed E-state index contributed by atoms with van der Waals surface area (Å²) in [5, 5.41) is 3.42. The van der Waals surface area contributed by atoms with E-state index in [9.17, 15) is 9.18 Å². The number of likely N-dealkylation sites (N-methyl/N-ethyl adjacent to an activating group) is 1. The van der Waals surface area contributed by atoms with Gasteiger partial charge in [0.1, 0.15) is 5.82 Å². The van der Waals surface area contributed by atoms with E-state index >= 15 is 0 Å². The van der Waals surface area contributed by atoms with Crippen LogP contribution in [0.4, 0.5) is 4.39 Å². The Morgan fingerprint density at radius 3 is 2.63 bits per heavy atom. The highest BCUT2D eigenvalue weighted by Crippen LogP contribution is 2.42. The molecule has 1 saturated heterocycles. The van der Waals surface area contributed by atoms with Crippen LogP contribution >= 0.6 is 11.6 Å². The molecule has 3 fully saturated rings. The summed E-state index contributed by atoms with van der Waals surface area (Å²) in [5.41, 5.74) is 7.23. The second-order valence-corrected chi connectivity index (χ2v) is 9.11. The van der Waals surface area contributed by atoms with E-state index in [4.69, 9.17) is 17.3 Å². The molecule has 4 rings (SSSR count). The first-order chi connectivity index (χ1) is 12.9. The lowest BCUT2D eigenvalue weighted by molar-refractivity contribution is -0.128. The van der Waals surface area contributed by atoms with Crippen LogP contribution in [-0.2, 0) is 4.79 Å². The molecule has 1 aromatic carbocycles. The Kier molecular flexibility index (Phi) is 5.45. The molecule has 2 aliphatic carbocycles. The number of rotatable bonds is 3. The lowest BCUT2D eigenvalue weighted by Gasteiger charge is -2.43. The van der Waals surface area contributed by atoms with Crippen LogP contribution in [0.25, 0.3) is 0 Å². The Morgan fingerprint density at radius 2 is 1.96 bits per heavy atom. The Balaban J connectivity index is 1.46. The molecule has 1 aromatic rings. The number of hydrogen-bond acceptors (Lipinski definition) is 3. The lowest BCUT2D eigenvalue weighted by atomic mass is 9.65. The highest BCUT2D eigenvalue weighted by atomic mass is 35.5. The Morgan fingerprint density at radius 1 is 1.26 bits per heavy atom. The normalized spacial score (nSPS) is 36.6. The van der Waals surface area contributed by atoms with Gasteiger partial charge in [0.25, 0.3) is 0 Å². The van der Waals surface area contributed by atoms with Crippen molar-refractivity contribution in [2.45, 2.75) is 56.7 Å². The molecule has 4 nitrogen and oxygen atoms in total. The van der Waals surface area contributed by atoms with E-state index in [0.717, 1.165) is 44.2 Å². The number of amides is 1. The van der Waals surface area contributed by atoms with Gasteiger partial charge < -0.3 is 11.1 Å². The van der Waals surface area contributed by atoms with Gasteiger partial charge in [-0.3, -0.25) is 9.69 Å². The van der Waals surface area contributed by atoms with Gasteiger partial charge in [0.05, 0.1) is 11.1 Å². The smallest absolute Gasteiger partial charge is 0.223 e. The van der Waals surface area contributed by atoms with E-state index in [2.05, 4.69) is 10.2 Å². The SMILES string of the molecule is CN1CCC(NC(=O)C2CC3CCCC(C2)C3N)C1c1ccc(Cl)c(F)c1. The second kappa shape index (κ2) is 7.69. The molecule has 6 heteroatoms. The molecule has 1 heterocycles. The molecule has 0 radical (unpaired) electrons. The minimum Gasteiger partial charge on any atom is -0.351 e. The van der Waals surface area contributed by atoms with Gasteiger partial charge in [-0.1, -0.05) is 24.1 Å². The van der Waals surface area contributed by atoms with Crippen molar-refractivity contribution in [2.24, 2.45) is 23.5 Å². The first-order valence-corrected chi connectivity index (χ1v) is 10.5. The van der Waals surface area contributed by atoms with Gasteiger partial charge in [-0.25, -0.2) is 4.39 Å². The first-order valence-electron chi connectivity index (χ1n) is 10.1. The average Bonchev–Trinajstić information content (AvgIpc) is 2.97. The summed E-state index contributed by atoms with van der Waals surface area (Å²) in [5.74, 6) is 0.780. The zero-order chi connectivity index (χ0) is 19.1. The van der Waals surface area contributed by atoms with Gasteiger partial charge >= 0.3 is 0 Å². The van der Waals surface area contributed by atoms with Crippen molar-refractivity contribution >= 4 is 17.5 Å². The maximum Gasteiger partial charge on any atom is 0.223 e. The van der Waals surface area contributed by atoms with Crippen molar-refractivity contribution in [1.29, 1.82) is 0 Å². The van der Waals surface area contributed by atoms with Gasteiger partial charge in [0.15, 0.2) is 0 Å². The maximum absolute atomic E-state index is 14.0. The zero-order valence-corrected chi connectivity index (χ0v) is 16.6. The van der Waals surface area contributed by atoms with Crippen molar-refractivity contribution in [1.82, 2.24) is 10.2 Å². The molecule has 3 N–H and O–H groups in total. The highest BCUT2D eigenvalue weighted by Gasteiger charge is 2.42. The number of halogens is 2. The number of carbonyl (C=O) groups is 1. The third kappa shape index (κ3) is 3.74. The van der Waals surface area contributed by atoms with Crippen molar-refractivity contribution in [3.8, 4) is 0 Å². The molecule has 2 saturated carbocycles. The quantitative estimate of drug-likeness (QED) is 0.826. The third-order valence-corrected chi connectivity index (χ3v) is 7.35. The number of nitrogens with zero attached hydrogens (tertiary/aromatic N) is 1. The van der Waals surface area contributed by atoms with Crippen LogP contribution in [0.15, 0.2) is 18.2 Å². The summed E-state index contributed by atoms with van der Waals surface area (Å²) in [6.45, 7) is 0.876. The predicted molar refractivity (Wildman–Crippen MR) is 105 cm³/mol. The second-order valence-electron chi connectivity index (χ2n) is 8.70. The van der Waals surface area contributed by atoms with Crippen LogP contribution in [0.1, 0.15) is 50.1 Å². The monoisotopic (exact) mass is 393 g/mol. The fraction of sp³-hybridized carbons (Fsp3) is 0.667. The molecule has 1 aliphatic heterocycles. The summed E-state index contributed by atoms with van der Waals surface area (Å²) in [6.07, 6.45) is 6.24. The zero-order valence-electron chi connectivity index (χ0n) is 15.8. The van der Waals surface area contributed by atoms with Crippen molar-refractivity contribution in [3.63, 3.8) is 0 Å². The van der Waals surface area contributed by atoms with E-state index in [-0.39, 0.29) is 35.0 Å². The summed E-state index contributed by atoms with van der Waals surface area (Å²) in [6, 6.07) is 5.20. The molecule has 27 heavy (non-hydrogen) atoms. The van der Waals surface area contributed by atoms with Crippen molar-refractivity contribution in [3.05, 3.63) is 34.6 Å². The molecule has 4 atom stereocenters. The van der Waals surface area contributed by atoms with E-state index in [1.807, 2.05) is 13.1 Å². The van der Waals surface area contributed by atoms with Gasteiger partial charge in [0.2, 0.25) is 5.91 Å². The Bertz CT molecular complexity index is 701. The standard InChI is InChI=1S/C21H29ClFN3O/c1-26-8-7-18(20(26)14-5-6-16(22)17(23)11-14)25-21(27)15-9-12-3-2-4-13(10-15)19(12)24/h5-6,11-13,15,18-20H,2-4,7-10,24H2,1H3,(H,25,27). The van der Waals surface area contributed by atoms with Crippen LogP contribution < -0.4 is 11.1 Å². The Hall–Kier alpha value is -1.17. The number of fused-ring (bicyclic) bond motifs is 2. The van der Waals surface area contributed by atoms with E-state index in [1.54, 1.807) is 6.07 Å². The topological polar surface area (TPSA) is 58.4 Å². The van der Waals surface area contributed by atoms with E-state index in [0.29, 0.717) is 11.8 Å². The van der Waals surface area contributed by atoms with Crippen LogP contribution in [0.3, 0.4) is 0 Å². The van der Waals surface area contributed by atoms with E-state index in [1.165, 1.54) is 12.5 Å². The lowest BCUT2D eigenvalue weighted by Crippen LogP contribution is -2.50. The summed E-state index contributed by atoms with van der Waals surface area (Å²) in [7, 11) is 2.02. The maximum atomic E-state index is 14.0. The fourth-order valence-electron chi connectivity index (χ4n) is 5.58. The number of nitrogens with two attached hydrogens (primary N) is 1. The number of likely N-dealkylation sites (tertiary alicyclic amines) is 1. The molecular formula is C21H29ClFN3O. The van der Waals surface area contributed by atoms with Gasteiger partial charge in [-0.2, -0.15) is 0 Å². The van der Waals surface area contributed by atoms with Gasteiger partial charge in [-0.15, -0.1) is 0 Å². The summed E-state index contributed by atoms with van der Waals surface area (Å²) >= 11 is 5.84. The van der Waals surface area contributed by atoms with Crippen molar-refractivity contribution < 1.29 is 9.18 Å². The van der Waals surface area contributed by atoms with Gasteiger partial charge in [-0.05, 0) is 68.7 Å². The molecule has 1 amide bonds. The first kappa shape index (κ1) is 19.2. The predicted octanol–water partition coefficient (Wildman–Crippen LogP) is 3.49. The number of hydrogen-bond donors (Lipinski definition) is 2. The third-order valence-electron chi connectivity index (χ3n) is 7.05. The molecule has 0 spiro atoms. The minimum absolute atomic E-state index is 0.00137. The summed E-state index contributed by atoms with van der Waals surface area (Å²) in [4.78, 5) is 15.2. The minimum atomic E-state index is -0.409. The van der Waals surface area contributed by atoms with Crippen LogP contribution in [0.2, 0.25) is 5.02 Å². The van der Waals surface area contributed by atoms with E-state index < -0.39 is 5.82 Å². The largest absolute Gasteiger partial charge is 0.351 e. The Labute approximate surface area is 165 Å². The van der Waals surface area contributed by atoms with Crippen LogP contribution in [-0.4, -0.2) is 36.5 Å².